The summed E-state index contributed by atoms with van der Waals surface area (Å²) in [4.78, 5) is 4.45. The van der Waals surface area contributed by atoms with E-state index in [1.807, 2.05) is 38.1 Å². The number of nitrogens with two attached hydrogens (primary N) is 1. The summed E-state index contributed by atoms with van der Waals surface area (Å²) in [5.74, 6) is 1.21. The van der Waals surface area contributed by atoms with Gasteiger partial charge in [0, 0.05) is 5.69 Å². The van der Waals surface area contributed by atoms with E-state index in [1.54, 1.807) is 0 Å². The molecule has 0 saturated carbocycles. The average molecular weight is 202 g/mol. The predicted octanol–water partition coefficient (Wildman–Crippen LogP) is 2.34. The van der Waals surface area contributed by atoms with Crippen molar-refractivity contribution in [2.45, 2.75) is 19.4 Å². The molecule has 1 aromatic carbocycles. The Bertz CT molecular complexity index is 447. The van der Waals surface area contributed by atoms with Crippen molar-refractivity contribution in [2.75, 3.05) is 5.73 Å². The van der Waals surface area contributed by atoms with Crippen LogP contribution in [0.5, 0.6) is 0 Å². The number of rotatable bonds is 1. The smallest absolute Gasteiger partial charge is 0.224 e. The molecule has 0 bridgehead atoms. The van der Waals surface area contributed by atoms with Crippen LogP contribution in [0.25, 0.3) is 0 Å². The summed E-state index contributed by atoms with van der Waals surface area (Å²) in [5.41, 5.74) is 6.97. The fourth-order valence-electron chi connectivity index (χ4n) is 1.39. The molecule has 1 heterocycles. The molecule has 0 amide bonds. The Kier molecular flexibility index (Phi) is 2.03. The Morgan fingerprint density at radius 2 is 2.00 bits per heavy atom. The molecular formula is C12H14N2O. The van der Waals surface area contributed by atoms with Crippen molar-refractivity contribution in [3.05, 3.63) is 42.2 Å². The van der Waals surface area contributed by atoms with Crippen LogP contribution in [-0.4, -0.2) is 11.4 Å². The van der Waals surface area contributed by atoms with Crippen LogP contribution in [-0.2, 0) is 4.74 Å². The summed E-state index contributed by atoms with van der Waals surface area (Å²) < 4.78 is 5.52. The lowest BCUT2D eigenvalue weighted by molar-refractivity contribution is 0.384. The van der Waals surface area contributed by atoms with Crippen molar-refractivity contribution in [2.24, 2.45) is 4.99 Å². The molecule has 0 fully saturated rings. The maximum absolute atomic E-state index is 5.84. The first-order valence-electron chi connectivity index (χ1n) is 4.83. The topological polar surface area (TPSA) is 47.6 Å². The van der Waals surface area contributed by atoms with E-state index in [0.29, 0.717) is 17.3 Å². The molecule has 1 aliphatic heterocycles. The van der Waals surface area contributed by atoms with Crippen molar-refractivity contribution in [3.63, 3.8) is 0 Å². The van der Waals surface area contributed by atoms with Crippen LogP contribution in [0.15, 0.2) is 41.6 Å². The number of nitrogens with zero attached hydrogens (tertiary/aromatic N) is 1. The molecule has 0 spiro atoms. The molecule has 1 aromatic rings. The summed E-state index contributed by atoms with van der Waals surface area (Å²) in [7, 11) is 0. The van der Waals surface area contributed by atoms with Gasteiger partial charge < -0.3 is 10.5 Å². The quantitative estimate of drug-likeness (QED) is 0.710. The number of benzene rings is 1. The van der Waals surface area contributed by atoms with Crippen LogP contribution >= 0.6 is 0 Å². The van der Waals surface area contributed by atoms with E-state index in [9.17, 15) is 0 Å². The van der Waals surface area contributed by atoms with Crippen LogP contribution in [0.1, 0.15) is 19.4 Å². The third-order valence-corrected chi connectivity index (χ3v) is 2.47. The summed E-state index contributed by atoms with van der Waals surface area (Å²) >= 11 is 0. The molecule has 0 saturated heterocycles. The zero-order valence-electron chi connectivity index (χ0n) is 8.95. The Hall–Kier alpha value is -1.77. The van der Waals surface area contributed by atoms with E-state index in [0.717, 1.165) is 5.56 Å². The van der Waals surface area contributed by atoms with E-state index in [1.165, 1.54) is 0 Å². The minimum absolute atomic E-state index is 0.363. The number of ether oxygens (including phenoxy) is 1. The zero-order valence-corrected chi connectivity index (χ0v) is 8.95. The van der Waals surface area contributed by atoms with Gasteiger partial charge in [0.15, 0.2) is 0 Å². The van der Waals surface area contributed by atoms with E-state index in [-0.39, 0.29) is 5.54 Å². The molecule has 78 valence electrons. The summed E-state index contributed by atoms with van der Waals surface area (Å²) in [6, 6.07) is 7.51. The second-order valence-electron chi connectivity index (χ2n) is 4.09. The van der Waals surface area contributed by atoms with Crippen LogP contribution in [0.2, 0.25) is 0 Å². The van der Waals surface area contributed by atoms with E-state index >= 15 is 0 Å². The predicted molar refractivity (Wildman–Crippen MR) is 61.7 cm³/mol. The number of nitrogen functional groups attached to an aromatic ring is 1. The molecule has 3 nitrogen and oxygen atoms in total. The third kappa shape index (κ3) is 1.61. The van der Waals surface area contributed by atoms with Gasteiger partial charge in [-0.1, -0.05) is 18.7 Å². The zero-order chi connectivity index (χ0) is 11.1. The van der Waals surface area contributed by atoms with Gasteiger partial charge in [0.25, 0.3) is 0 Å². The molecule has 1 aliphatic rings. The van der Waals surface area contributed by atoms with E-state index in [4.69, 9.17) is 10.5 Å². The van der Waals surface area contributed by atoms with Crippen molar-refractivity contribution in [3.8, 4) is 0 Å². The fourth-order valence-corrected chi connectivity index (χ4v) is 1.39. The molecule has 0 unspecified atom stereocenters. The second-order valence-corrected chi connectivity index (χ2v) is 4.09. The van der Waals surface area contributed by atoms with Gasteiger partial charge in [-0.2, -0.15) is 0 Å². The average Bonchev–Trinajstić information content (AvgIpc) is 2.42. The Balaban J connectivity index is 2.44. The molecule has 3 heteroatoms. The van der Waals surface area contributed by atoms with E-state index < -0.39 is 0 Å². The molecular weight excluding hydrogens is 188 g/mol. The van der Waals surface area contributed by atoms with Gasteiger partial charge in [0.1, 0.15) is 11.3 Å². The number of para-hydroxylation sites is 1. The standard InChI is InChI=1S/C12H14N2O/c1-8-12(2,3)14-11(15-8)9-6-4-5-7-10(9)13/h4-7H,1,13H2,2-3H3. The Morgan fingerprint density at radius 1 is 1.33 bits per heavy atom. The van der Waals surface area contributed by atoms with Crippen LogP contribution in [0.3, 0.4) is 0 Å². The van der Waals surface area contributed by atoms with Gasteiger partial charge in [-0.15, -0.1) is 0 Å². The van der Waals surface area contributed by atoms with Crippen LogP contribution in [0, 0.1) is 0 Å². The van der Waals surface area contributed by atoms with Gasteiger partial charge >= 0.3 is 0 Å². The highest BCUT2D eigenvalue weighted by Crippen LogP contribution is 2.30. The number of anilines is 1. The number of hydrogen-bond donors (Lipinski definition) is 1. The minimum Gasteiger partial charge on any atom is -0.441 e. The summed E-state index contributed by atoms with van der Waals surface area (Å²) in [5, 5.41) is 0. The monoisotopic (exact) mass is 202 g/mol. The Labute approximate surface area is 89.3 Å². The van der Waals surface area contributed by atoms with Crippen molar-refractivity contribution in [1.29, 1.82) is 0 Å². The lowest BCUT2D eigenvalue weighted by atomic mass is 10.1. The van der Waals surface area contributed by atoms with Gasteiger partial charge in [0.05, 0.1) is 5.56 Å². The van der Waals surface area contributed by atoms with Gasteiger partial charge in [0.2, 0.25) is 5.90 Å². The van der Waals surface area contributed by atoms with E-state index in [2.05, 4.69) is 11.6 Å². The molecule has 0 aromatic heterocycles. The summed E-state index contributed by atoms with van der Waals surface area (Å²) in [6.07, 6.45) is 0. The number of aliphatic imine (C=N–C) groups is 1. The largest absolute Gasteiger partial charge is 0.441 e. The van der Waals surface area contributed by atoms with Crippen LogP contribution in [0.4, 0.5) is 5.69 Å². The molecule has 15 heavy (non-hydrogen) atoms. The highest BCUT2D eigenvalue weighted by molar-refractivity contribution is 6.01. The maximum atomic E-state index is 5.84. The van der Waals surface area contributed by atoms with Crippen molar-refractivity contribution < 1.29 is 4.74 Å². The van der Waals surface area contributed by atoms with Gasteiger partial charge in [-0.05, 0) is 26.0 Å². The van der Waals surface area contributed by atoms with Crippen LogP contribution < -0.4 is 5.73 Å². The second kappa shape index (κ2) is 3.12. The van der Waals surface area contributed by atoms with Gasteiger partial charge in [-0.25, -0.2) is 4.99 Å². The fraction of sp³-hybridized carbons (Fsp3) is 0.250. The molecule has 2 N–H and O–H groups in total. The van der Waals surface area contributed by atoms with Crippen molar-refractivity contribution >= 4 is 11.6 Å². The SMILES string of the molecule is C=C1OC(c2ccccc2N)=NC1(C)C. The molecule has 0 radical (unpaired) electrons. The van der Waals surface area contributed by atoms with Crippen molar-refractivity contribution in [1.82, 2.24) is 0 Å². The molecule has 2 rings (SSSR count). The lowest BCUT2D eigenvalue weighted by Crippen LogP contribution is -2.14. The minimum atomic E-state index is -0.363. The third-order valence-electron chi connectivity index (χ3n) is 2.47. The first kappa shape index (κ1) is 9.77. The molecule has 0 aliphatic carbocycles. The lowest BCUT2D eigenvalue weighted by Gasteiger charge is -2.11. The maximum Gasteiger partial charge on any atom is 0.224 e. The highest BCUT2D eigenvalue weighted by atomic mass is 16.5. The normalized spacial score (nSPS) is 18.5. The summed E-state index contributed by atoms with van der Waals surface area (Å²) in [6.45, 7) is 7.75. The first-order chi connectivity index (χ1) is 7.00. The highest BCUT2D eigenvalue weighted by Gasteiger charge is 2.32. The first-order valence-corrected chi connectivity index (χ1v) is 4.83. The molecule has 0 atom stereocenters. The van der Waals surface area contributed by atoms with Gasteiger partial charge in [-0.3, -0.25) is 0 Å². The Morgan fingerprint density at radius 3 is 2.53 bits per heavy atom. The number of hydrogen-bond acceptors (Lipinski definition) is 3.